The molecule has 1 unspecified atom stereocenters. The van der Waals surface area contributed by atoms with Gasteiger partial charge in [-0.2, -0.15) is 5.26 Å². The number of nitrogens with one attached hydrogen (secondary N) is 1. The molecule has 2 saturated heterocycles. The van der Waals surface area contributed by atoms with Crippen molar-refractivity contribution in [3.63, 3.8) is 0 Å². The van der Waals surface area contributed by atoms with Crippen LogP contribution in [0.1, 0.15) is 19.3 Å². The van der Waals surface area contributed by atoms with Crippen molar-refractivity contribution < 1.29 is 0 Å². The van der Waals surface area contributed by atoms with Gasteiger partial charge in [-0.3, -0.25) is 4.90 Å². The Balaban J connectivity index is 1.79. The minimum atomic E-state index is -0.0499. The molecule has 2 aliphatic heterocycles. The molecule has 0 spiro atoms. The molecular formula is C11H17N3. The third-order valence-electron chi connectivity index (χ3n) is 4.29. The van der Waals surface area contributed by atoms with Crippen LogP contribution in [0.15, 0.2) is 0 Å². The Kier molecular flexibility index (Phi) is 1.83. The van der Waals surface area contributed by atoms with Gasteiger partial charge in [0.25, 0.3) is 0 Å². The van der Waals surface area contributed by atoms with E-state index in [0.29, 0.717) is 11.8 Å². The highest BCUT2D eigenvalue weighted by molar-refractivity contribution is 5.33. The zero-order chi connectivity index (χ0) is 9.60. The molecule has 0 radical (unpaired) electrons. The smallest absolute Gasteiger partial charge is 0.118 e. The summed E-state index contributed by atoms with van der Waals surface area (Å²) in [6, 6.07) is 2.61. The van der Waals surface area contributed by atoms with E-state index in [2.05, 4.69) is 16.3 Å². The monoisotopic (exact) mass is 191 g/mol. The average Bonchev–Trinajstić information content (AvgIpc) is 2.62. The van der Waals surface area contributed by atoms with Gasteiger partial charge in [-0.05, 0) is 25.9 Å². The number of nitriles is 1. The zero-order valence-corrected chi connectivity index (χ0v) is 8.50. The van der Waals surface area contributed by atoms with E-state index in [1.54, 1.807) is 0 Å². The van der Waals surface area contributed by atoms with Gasteiger partial charge < -0.3 is 5.32 Å². The lowest BCUT2D eigenvalue weighted by Crippen LogP contribution is -2.45. The van der Waals surface area contributed by atoms with Gasteiger partial charge in [-0.1, -0.05) is 6.42 Å². The van der Waals surface area contributed by atoms with Crippen molar-refractivity contribution in [2.24, 2.45) is 11.8 Å². The van der Waals surface area contributed by atoms with Gasteiger partial charge in [0.15, 0.2) is 0 Å². The van der Waals surface area contributed by atoms with Gasteiger partial charge in [-0.25, -0.2) is 0 Å². The molecule has 3 rings (SSSR count). The molecule has 76 valence electrons. The number of nitrogens with zero attached hydrogens (tertiary/aromatic N) is 2. The SMILES string of the molecule is N#CC1(N2CCCCC2)[C@@H]2CNC[C@@H]21. The fourth-order valence-corrected chi connectivity index (χ4v) is 3.48. The maximum atomic E-state index is 9.40. The molecule has 3 nitrogen and oxygen atoms in total. The molecule has 0 aromatic heterocycles. The van der Waals surface area contributed by atoms with Crippen molar-refractivity contribution in [2.45, 2.75) is 24.8 Å². The van der Waals surface area contributed by atoms with Crippen LogP contribution < -0.4 is 5.32 Å². The zero-order valence-electron chi connectivity index (χ0n) is 8.50. The van der Waals surface area contributed by atoms with Gasteiger partial charge in [0, 0.05) is 24.9 Å². The first-order valence-corrected chi connectivity index (χ1v) is 5.76. The molecule has 14 heavy (non-hydrogen) atoms. The Hall–Kier alpha value is -0.590. The Morgan fingerprint density at radius 2 is 1.79 bits per heavy atom. The number of rotatable bonds is 1. The lowest BCUT2D eigenvalue weighted by molar-refractivity contribution is 0.155. The highest BCUT2D eigenvalue weighted by atomic mass is 15.3. The molecule has 3 atom stereocenters. The van der Waals surface area contributed by atoms with E-state index in [4.69, 9.17) is 0 Å². The van der Waals surface area contributed by atoms with Gasteiger partial charge in [0.05, 0.1) is 6.07 Å². The van der Waals surface area contributed by atoms with Crippen LogP contribution in [0, 0.1) is 23.2 Å². The number of hydrogen-bond donors (Lipinski definition) is 1. The summed E-state index contributed by atoms with van der Waals surface area (Å²) in [5, 5.41) is 12.8. The van der Waals surface area contributed by atoms with Gasteiger partial charge in [0.1, 0.15) is 5.54 Å². The first-order chi connectivity index (χ1) is 6.89. The Morgan fingerprint density at radius 3 is 2.36 bits per heavy atom. The first-order valence-electron chi connectivity index (χ1n) is 5.76. The molecule has 1 N–H and O–H groups in total. The van der Waals surface area contributed by atoms with E-state index in [-0.39, 0.29) is 5.54 Å². The van der Waals surface area contributed by atoms with E-state index in [9.17, 15) is 5.26 Å². The van der Waals surface area contributed by atoms with E-state index in [1.165, 1.54) is 19.3 Å². The van der Waals surface area contributed by atoms with Crippen LogP contribution in [0.25, 0.3) is 0 Å². The molecule has 1 saturated carbocycles. The van der Waals surface area contributed by atoms with Crippen LogP contribution in [0.4, 0.5) is 0 Å². The third kappa shape index (κ3) is 0.933. The molecule has 0 bridgehead atoms. The van der Waals surface area contributed by atoms with Gasteiger partial charge in [0.2, 0.25) is 0 Å². The summed E-state index contributed by atoms with van der Waals surface area (Å²) in [5.41, 5.74) is -0.0499. The lowest BCUT2D eigenvalue weighted by Gasteiger charge is -2.33. The average molecular weight is 191 g/mol. The predicted molar refractivity (Wildman–Crippen MR) is 53.6 cm³/mol. The fraction of sp³-hybridized carbons (Fsp3) is 0.909. The highest BCUT2D eigenvalue weighted by Crippen LogP contribution is 2.56. The molecule has 0 aromatic carbocycles. The van der Waals surface area contributed by atoms with Gasteiger partial charge in [-0.15, -0.1) is 0 Å². The minimum absolute atomic E-state index is 0.0499. The van der Waals surface area contributed by atoms with Crippen molar-refractivity contribution in [1.82, 2.24) is 10.2 Å². The Morgan fingerprint density at radius 1 is 1.14 bits per heavy atom. The maximum Gasteiger partial charge on any atom is 0.118 e. The van der Waals surface area contributed by atoms with Crippen LogP contribution in [0.5, 0.6) is 0 Å². The highest BCUT2D eigenvalue weighted by Gasteiger charge is 2.70. The molecule has 2 heterocycles. The summed E-state index contributed by atoms with van der Waals surface area (Å²) >= 11 is 0. The molecule has 3 fully saturated rings. The van der Waals surface area contributed by atoms with Crippen LogP contribution in [-0.2, 0) is 0 Å². The number of fused-ring (bicyclic) bond motifs is 1. The number of hydrogen-bond acceptors (Lipinski definition) is 3. The predicted octanol–water partition coefficient (Wildman–Crippen LogP) is 0.584. The molecule has 0 amide bonds. The summed E-state index contributed by atoms with van der Waals surface area (Å²) in [7, 11) is 0. The molecule has 3 aliphatic rings. The van der Waals surface area contributed by atoms with Crippen molar-refractivity contribution >= 4 is 0 Å². The molecule has 3 heteroatoms. The van der Waals surface area contributed by atoms with Crippen LogP contribution in [-0.4, -0.2) is 36.6 Å². The Labute approximate surface area is 85.1 Å². The summed E-state index contributed by atoms with van der Waals surface area (Å²) in [6.45, 7) is 4.44. The molecule has 1 aliphatic carbocycles. The van der Waals surface area contributed by atoms with Crippen LogP contribution >= 0.6 is 0 Å². The van der Waals surface area contributed by atoms with Crippen LogP contribution in [0.3, 0.4) is 0 Å². The Bertz CT molecular complexity index is 265. The topological polar surface area (TPSA) is 39.1 Å². The standard InChI is InChI=1S/C11H17N3/c12-8-11(9-6-13-7-10(9)11)14-4-2-1-3-5-14/h9-10,13H,1-7H2/t9-,10+,11?. The van der Waals surface area contributed by atoms with E-state index >= 15 is 0 Å². The second-order valence-electron chi connectivity index (χ2n) is 4.86. The first kappa shape index (κ1) is 8.70. The molecular weight excluding hydrogens is 174 g/mol. The van der Waals surface area contributed by atoms with E-state index in [1.807, 2.05) is 0 Å². The van der Waals surface area contributed by atoms with Crippen molar-refractivity contribution in [1.29, 1.82) is 5.26 Å². The summed E-state index contributed by atoms with van der Waals surface area (Å²) in [6.07, 6.45) is 3.93. The maximum absolute atomic E-state index is 9.40. The summed E-state index contributed by atoms with van der Waals surface area (Å²) in [5.74, 6) is 1.26. The van der Waals surface area contributed by atoms with Crippen LogP contribution in [0.2, 0.25) is 0 Å². The minimum Gasteiger partial charge on any atom is -0.316 e. The number of piperidine rings is 2. The van der Waals surface area contributed by atoms with Crippen molar-refractivity contribution in [3.05, 3.63) is 0 Å². The van der Waals surface area contributed by atoms with E-state index in [0.717, 1.165) is 26.2 Å². The van der Waals surface area contributed by atoms with Crippen molar-refractivity contribution in [3.8, 4) is 6.07 Å². The molecule has 0 aromatic rings. The second-order valence-corrected chi connectivity index (χ2v) is 4.86. The largest absolute Gasteiger partial charge is 0.316 e. The summed E-state index contributed by atoms with van der Waals surface area (Å²) in [4.78, 5) is 2.46. The fourth-order valence-electron chi connectivity index (χ4n) is 3.48. The quantitative estimate of drug-likeness (QED) is 0.659. The van der Waals surface area contributed by atoms with E-state index < -0.39 is 0 Å². The van der Waals surface area contributed by atoms with Crippen molar-refractivity contribution in [2.75, 3.05) is 26.2 Å². The lowest BCUT2D eigenvalue weighted by atomic mass is 10.0. The van der Waals surface area contributed by atoms with Gasteiger partial charge >= 0.3 is 0 Å². The number of likely N-dealkylation sites (tertiary alicyclic amines) is 1. The summed E-state index contributed by atoms with van der Waals surface area (Å²) < 4.78 is 0. The second kappa shape index (κ2) is 2.95. The third-order valence-corrected chi connectivity index (χ3v) is 4.29. The normalized spacial score (nSPS) is 47.1.